The molecule has 0 saturated heterocycles. The van der Waals surface area contributed by atoms with Gasteiger partial charge in [-0.05, 0) is 62.8 Å². The fourth-order valence-electron chi connectivity index (χ4n) is 4.02. The first-order chi connectivity index (χ1) is 18.1. The van der Waals surface area contributed by atoms with Crippen LogP contribution >= 0.6 is 0 Å². The average molecular weight is 755 g/mol. The Kier molecular flexibility index (Phi) is 16.3. The molecule has 1 aromatic heterocycles. The predicted molar refractivity (Wildman–Crippen MR) is 150 cm³/mol. The summed E-state index contributed by atoms with van der Waals surface area (Å²) in [6.45, 7) is 14.3. The first kappa shape index (κ1) is 33.9. The Bertz CT molecular complexity index is 1190. The number of aromatic nitrogens is 1. The number of hydrogen-bond acceptors (Lipinski definition) is 1. The van der Waals surface area contributed by atoms with Crippen LogP contribution in [0.2, 0.25) is 0 Å². The second kappa shape index (κ2) is 18.2. The van der Waals surface area contributed by atoms with Gasteiger partial charge < -0.3 is 9.98 Å². The van der Waals surface area contributed by atoms with Crippen molar-refractivity contribution in [3.63, 3.8) is 0 Å². The maximum absolute atomic E-state index is 14.8. The molecule has 0 fully saturated rings. The summed E-state index contributed by atoms with van der Waals surface area (Å²) in [6, 6.07) is 12.5. The number of fused-ring (bicyclic) bond motifs is 1. The van der Waals surface area contributed by atoms with E-state index in [9.17, 15) is 10.7 Å². The van der Waals surface area contributed by atoms with Crippen molar-refractivity contribution in [3.8, 4) is 0 Å². The van der Waals surface area contributed by atoms with Crippen molar-refractivity contribution in [1.29, 1.82) is 0 Å². The number of aryl methyl sites for hydroxylation is 3. The van der Waals surface area contributed by atoms with Gasteiger partial charge in [0.15, 0.2) is 0 Å². The van der Waals surface area contributed by atoms with Crippen molar-refractivity contribution in [3.05, 3.63) is 94.1 Å². The minimum atomic E-state index is -5.23. The van der Waals surface area contributed by atoms with Gasteiger partial charge in [0.25, 0.3) is 0 Å². The monoisotopic (exact) mass is 754 g/mol. The predicted octanol–water partition coefficient (Wildman–Crippen LogP) is 10.4. The summed E-state index contributed by atoms with van der Waals surface area (Å²) >= 11 is -5.23. The fraction of sp³-hybridized carbons (Fsp3) is 0.387. The van der Waals surface area contributed by atoms with Crippen molar-refractivity contribution < 1.29 is 38.8 Å². The number of aliphatic imine (C=N–C) groups is 1. The molecule has 207 valence electrons. The Hall–Kier alpha value is -2.10. The third kappa shape index (κ3) is 11.3. The van der Waals surface area contributed by atoms with Crippen LogP contribution in [0.25, 0.3) is 10.9 Å². The number of aromatic amines is 1. The van der Waals surface area contributed by atoms with Crippen molar-refractivity contribution in [2.24, 2.45) is 4.99 Å². The van der Waals surface area contributed by atoms with E-state index in [-0.39, 0.29) is 11.7 Å². The molecular formula is C31H40F4N2U-. The van der Waals surface area contributed by atoms with Crippen molar-refractivity contribution in [2.45, 2.75) is 80.1 Å². The Morgan fingerprint density at radius 3 is 2.26 bits per heavy atom. The number of hydrogen-bond donors (Lipinski definition) is 1. The number of benzene rings is 2. The number of H-pyrrole nitrogens is 1. The second-order valence-electron chi connectivity index (χ2n) is 9.07. The zero-order valence-electron chi connectivity index (χ0n) is 23.6. The molecule has 1 unspecified atom stereocenters. The van der Waals surface area contributed by atoms with Crippen molar-refractivity contribution in [1.82, 2.24) is 4.98 Å². The van der Waals surface area contributed by atoms with Gasteiger partial charge in [-0.1, -0.05) is 69.2 Å². The van der Waals surface area contributed by atoms with Crippen LogP contribution < -0.4 is 0 Å². The summed E-state index contributed by atoms with van der Waals surface area (Å²) in [5.74, 6) is 0.154. The van der Waals surface area contributed by atoms with Gasteiger partial charge in [-0.3, -0.25) is 6.08 Å². The molecule has 2 aromatic carbocycles. The van der Waals surface area contributed by atoms with Gasteiger partial charge in [-0.15, -0.1) is 13.1 Å². The number of nitrogens with zero attached hydrogens (tertiary/aromatic N) is 1. The molecule has 3 rings (SSSR count). The molecule has 0 aliphatic carbocycles. The molecular weight excluding hydrogens is 714 g/mol. The molecule has 1 heterocycles. The van der Waals surface area contributed by atoms with E-state index in [0.29, 0.717) is 5.56 Å². The molecule has 0 bridgehead atoms. The summed E-state index contributed by atoms with van der Waals surface area (Å²) in [5.41, 5.74) is 7.53. The number of rotatable bonds is 8. The van der Waals surface area contributed by atoms with Gasteiger partial charge in [-0.25, -0.2) is 10.5 Å². The number of halogens is 4. The molecule has 0 amide bonds. The Morgan fingerprint density at radius 2 is 1.71 bits per heavy atom. The molecule has 0 spiro atoms. The zero-order valence-corrected chi connectivity index (χ0v) is 27.7. The van der Waals surface area contributed by atoms with E-state index >= 15 is 0 Å². The molecule has 1 atom stereocenters. The van der Waals surface area contributed by atoms with E-state index in [0.717, 1.165) is 53.5 Å². The minimum absolute atomic E-state index is 0.0720. The molecule has 2 nitrogen and oxygen atoms in total. The fourth-order valence-corrected chi connectivity index (χ4v) is 4.02. The topological polar surface area (TPSA) is 28.1 Å². The summed E-state index contributed by atoms with van der Waals surface area (Å²) < 4.78 is 44.5. The summed E-state index contributed by atoms with van der Waals surface area (Å²) in [5, 5.41) is 0.789. The number of allylic oxidation sites excluding steroid dienone is 4. The van der Waals surface area contributed by atoms with Crippen molar-refractivity contribution in [2.75, 3.05) is 0 Å². The van der Waals surface area contributed by atoms with Gasteiger partial charge in [-0.2, -0.15) is 0 Å². The summed E-state index contributed by atoms with van der Waals surface area (Å²) in [6.07, 6.45) is 12.6. The average Bonchev–Trinajstić information content (AvgIpc) is 3.24. The Balaban J connectivity index is 0.000000431. The molecule has 0 aliphatic rings. The van der Waals surface area contributed by atoms with Gasteiger partial charge in [0, 0.05) is 28.2 Å². The zero-order chi connectivity index (χ0) is 28.7. The van der Waals surface area contributed by atoms with Crippen LogP contribution in [0.15, 0.2) is 59.2 Å². The summed E-state index contributed by atoms with van der Waals surface area (Å²) in [7, 11) is 0. The van der Waals surface area contributed by atoms with E-state index < -0.39 is 28.1 Å². The van der Waals surface area contributed by atoms with E-state index in [4.69, 9.17) is 0 Å². The van der Waals surface area contributed by atoms with E-state index in [2.05, 4.69) is 74.1 Å². The van der Waals surface area contributed by atoms with E-state index in [1.165, 1.54) is 11.1 Å². The quantitative estimate of drug-likeness (QED) is 0.135. The molecule has 7 heteroatoms. The molecule has 0 saturated carbocycles. The van der Waals surface area contributed by atoms with Crippen LogP contribution in [0.4, 0.5) is 10.7 Å². The summed E-state index contributed by atoms with van der Waals surface area (Å²) in [4.78, 5) is 7.64. The van der Waals surface area contributed by atoms with Crippen LogP contribution in [0.1, 0.15) is 87.7 Å². The van der Waals surface area contributed by atoms with Gasteiger partial charge in [0.1, 0.15) is 5.82 Å². The molecule has 38 heavy (non-hydrogen) atoms. The third-order valence-corrected chi connectivity index (χ3v) is 6.04. The van der Waals surface area contributed by atoms with Crippen LogP contribution in [-0.4, -0.2) is 11.2 Å². The Labute approximate surface area is 239 Å². The first-order valence-corrected chi connectivity index (χ1v) is 17.7. The standard InChI is InChI=1S/C22H26FN.C9H14N.3FH.U/c1-5-6-7-18-20-19(13-10-15(3)21(20)23)24-22(18)16(4)17-11-8-14(2)9-12-17;1-4-6-8-10-9(3)7-5-2;;;;/h8-13,16,24H,5-7H2,1-4H3;6-8H,5H2,1-3H3;3*1H;/q;-1;;;;+3/p-3/b;9-7+,10-8?;;;;. The number of unbranched alkanes of at least 4 members (excludes halogenated alkanes) is 1. The molecule has 3 aromatic rings. The van der Waals surface area contributed by atoms with E-state index in [1.807, 2.05) is 32.9 Å². The van der Waals surface area contributed by atoms with Gasteiger partial charge in [0.05, 0.1) is 0 Å². The van der Waals surface area contributed by atoms with Crippen LogP contribution in [0, 0.1) is 53.8 Å². The normalized spacial score (nSPS) is 12.3. The molecule has 1 N–H and O–H groups in total. The van der Waals surface area contributed by atoms with Crippen LogP contribution in [-0.2, 0) is 6.42 Å². The number of nitrogens with one attached hydrogen (secondary N) is 1. The van der Waals surface area contributed by atoms with Crippen LogP contribution in [0.5, 0.6) is 0 Å². The van der Waals surface area contributed by atoms with E-state index in [1.54, 1.807) is 12.3 Å². The second-order valence-corrected chi connectivity index (χ2v) is 10.9. The molecule has 0 aliphatic heterocycles. The van der Waals surface area contributed by atoms with Gasteiger partial charge >= 0.3 is 34.4 Å². The third-order valence-electron chi connectivity index (χ3n) is 6.04. The molecule has 0 radical (unpaired) electrons. The first-order valence-electron chi connectivity index (χ1n) is 13.0. The van der Waals surface area contributed by atoms with Crippen LogP contribution in [0.3, 0.4) is 0 Å². The van der Waals surface area contributed by atoms with Crippen molar-refractivity contribution >= 4 is 17.1 Å². The SMILES string of the molecule is CCCCc1c(C(C)c2ccc(C)cc2)[nH]c2ccc(C)c(F)c12.C[C-]=CC=N/C(C)=C/CC.[F][U]([F])[F]. The Morgan fingerprint density at radius 1 is 1.08 bits per heavy atom. The van der Waals surface area contributed by atoms with Gasteiger partial charge in [0.2, 0.25) is 0 Å². The maximum atomic E-state index is 14.8.